The minimum absolute atomic E-state index is 0.00967. The zero-order valence-corrected chi connectivity index (χ0v) is 10.5. The SMILES string of the molecule is NCC(N)C(=O)OC(=O)C(N)(N)CCCCC(=O)O. The average molecular weight is 276 g/mol. The van der Waals surface area contributed by atoms with Gasteiger partial charge in [0.2, 0.25) is 0 Å². The van der Waals surface area contributed by atoms with E-state index in [1.165, 1.54) is 0 Å². The molecule has 0 aliphatic rings. The average Bonchev–Trinajstić information content (AvgIpc) is 2.33. The largest absolute Gasteiger partial charge is 0.481 e. The van der Waals surface area contributed by atoms with Gasteiger partial charge in [-0.15, -0.1) is 0 Å². The molecule has 0 aromatic rings. The third-order valence-electron chi connectivity index (χ3n) is 2.36. The molecule has 9 heteroatoms. The van der Waals surface area contributed by atoms with E-state index in [4.69, 9.17) is 28.0 Å². The lowest BCUT2D eigenvalue weighted by molar-refractivity contribution is -0.164. The molecule has 1 unspecified atom stereocenters. The van der Waals surface area contributed by atoms with Gasteiger partial charge in [0, 0.05) is 13.0 Å². The van der Waals surface area contributed by atoms with Gasteiger partial charge in [0.25, 0.3) is 0 Å². The van der Waals surface area contributed by atoms with Crippen LogP contribution in [0.4, 0.5) is 0 Å². The normalized spacial score (nSPS) is 12.8. The number of carbonyl (C=O) groups excluding carboxylic acids is 2. The highest BCUT2D eigenvalue weighted by molar-refractivity contribution is 5.92. The molecule has 0 heterocycles. The van der Waals surface area contributed by atoms with E-state index in [9.17, 15) is 14.4 Å². The van der Waals surface area contributed by atoms with Crippen molar-refractivity contribution in [1.82, 2.24) is 0 Å². The summed E-state index contributed by atoms with van der Waals surface area (Å²) in [6, 6.07) is -1.12. The van der Waals surface area contributed by atoms with E-state index >= 15 is 0 Å². The van der Waals surface area contributed by atoms with Gasteiger partial charge in [-0.1, -0.05) is 0 Å². The second-order valence-corrected chi connectivity index (χ2v) is 4.19. The van der Waals surface area contributed by atoms with E-state index in [0.29, 0.717) is 12.8 Å². The molecule has 0 fully saturated rings. The summed E-state index contributed by atoms with van der Waals surface area (Å²) in [6.07, 6.45) is 0.562. The van der Waals surface area contributed by atoms with Gasteiger partial charge >= 0.3 is 17.9 Å². The molecule has 0 aromatic heterocycles. The molecule has 0 spiro atoms. The molecule has 9 N–H and O–H groups in total. The summed E-state index contributed by atoms with van der Waals surface area (Å²) < 4.78 is 4.40. The third-order valence-corrected chi connectivity index (χ3v) is 2.36. The van der Waals surface area contributed by atoms with Crippen LogP contribution in [0.15, 0.2) is 0 Å². The maximum atomic E-state index is 11.5. The maximum Gasteiger partial charge on any atom is 0.348 e. The van der Waals surface area contributed by atoms with Crippen LogP contribution in [0.25, 0.3) is 0 Å². The van der Waals surface area contributed by atoms with Crippen LogP contribution in [0.1, 0.15) is 25.7 Å². The Hall–Kier alpha value is -1.55. The summed E-state index contributed by atoms with van der Waals surface area (Å²) in [5.41, 5.74) is 19.5. The molecule has 19 heavy (non-hydrogen) atoms. The second-order valence-electron chi connectivity index (χ2n) is 4.19. The van der Waals surface area contributed by atoms with Crippen LogP contribution in [0.5, 0.6) is 0 Å². The Morgan fingerprint density at radius 1 is 1.21 bits per heavy atom. The van der Waals surface area contributed by atoms with Crippen LogP contribution in [0.3, 0.4) is 0 Å². The summed E-state index contributed by atoms with van der Waals surface area (Å²) in [5.74, 6) is -3.07. The highest BCUT2D eigenvalue weighted by Gasteiger charge is 2.33. The molecule has 0 radical (unpaired) electrons. The molecular formula is C10H20N4O5. The van der Waals surface area contributed by atoms with Crippen molar-refractivity contribution in [3.63, 3.8) is 0 Å². The summed E-state index contributed by atoms with van der Waals surface area (Å²) >= 11 is 0. The van der Waals surface area contributed by atoms with Crippen molar-refractivity contribution < 1.29 is 24.2 Å². The summed E-state index contributed by atoms with van der Waals surface area (Å²) in [6.45, 7) is -0.174. The number of unbranched alkanes of at least 4 members (excludes halogenated alkanes) is 1. The smallest absolute Gasteiger partial charge is 0.348 e. The summed E-state index contributed by atoms with van der Waals surface area (Å²) in [7, 11) is 0. The van der Waals surface area contributed by atoms with Gasteiger partial charge < -0.3 is 32.8 Å². The molecule has 9 nitrogen and oxygen atoms in total. The first kappa shape index (κ1) is 17.4. The summed E-state index contributed by atoms with van der Waals surface area (Å²) in [4.78, 5) is 33.0. The van der Waals surface area contributed by atoms with E-state index in [2.05, 4.69) is 4.74 Å². The first-order chi connectivity index (χ1) is 8.70. The zero-order chi connectivity index (χ0) is 15.1. The lowest BCUT2D eigenvalue weighted by atomic mass is 10.0. The Bertz CT molecular complexity index is 345. The molecule has 0 saturated carbocycles. The molecule has 0 amide bonds. The van der Waals surface area contributed by atoms with E-state index in [1.807, 2.05) is 0 Å². The Balaban J connectivity index is 4.20. The predicted octanol–water partition coefficient (Wildman–Crippen LogP) is -2.40. The molecule has 0 aliphatic carbocycles. The van der Waals surface area contributed by atoms with Gasteiger partial charge in [0.05, 0.1) is 0 Å². The first-order valence-corrected chi connectivity index (χ1v) is 5.72. The van der Waals surface area contributed by atoms with Crippen LogP contribution in [-0.2, 0) is 19.1 Å². The number of carboxylic acids is 1. The van der Waals surface area contributed by atoms with Crippen molar-refractivity contribution in [1.29, 1.82) is 0 Å². The lowest BCUT2D eigenvalue weighted by Crippen LogP contribution is -2.58. The van der Waals surface area contributed by atoms with Crippen LogP contribution < -0.4 is 22.9 Å². The topological polar surface area (TPSA) is 185 Å². The van der Waals surface area contributed by atoms with Crippen molar-refractivity contribution in [3.05, 3.63) is 0 Å². The third kappa shape index (κ3) is 6.82. The lowest BCUT2D eigenvalue weighted by Gasteiger charge is -2.22. The van der Waals surface area contributed by atoms with Gasteiger partial charge in [-0.3, -0.25) is 4.79 Å². The molecule has 0 saturated heterocycles. The Labute approximate surface area is 110 Å². The van der Waals surface area contributed by atoms with Crippen molar-refractivity contribution in [2.75, 3.05) is 6.54 Å². The quantitative estimate of drug-likeness (QED) is 0.139. The number of carbonyl (C=O) groups is 3. The Morgan fingerprint density at radius 3 is 2.26 bits per heavy atom. The van der Waals surface area contributed by atoms with Crippen molar-refractivity contribution in [3.8, 4) is 0 Å². The van der Waals surface area contributed by atoms with Crippen molar-refractivity contribution >= 4 is 17.9 Å². The van der Waals surface area contributed by atoms with E-state index < -0.39 is 29.6 Å². The predicted molar refractivity (Wildman–Crippen MR) is 65.3 cm³/mol. The zero-order valence-electron chi connectivity index (χ0n) is 10.5. The van der Waals surface area contributed by atoms with Gasteiger partial charge in [-0.25, -0.2) is 9.59 Å². The molecular weight excluding hydrogens is 256 g/mol. The fraction of sp³-hybridized carbons (Fsp3) is 0.700. The van der Waals surface area contributed by atoms with Gasteiger partial charge in [-0.05, 0) is 19.3 Å². The fourth-order valence-electron chi connectivity index (χ4n) is 1.15. The number of hydrogen-bond donors (Lipinski definition) is 5. The molecule has 110 valence electrons. The van der Waals surface area contributed by atoms with Gasteiger partial charge in [-0.2, -0.15) is 0 Å². The highest BCUT2D eigenvalue weighted by atomic mass is 16.6. The van der Waals surface area contributed by atoms with E-state index in [0.717, 1.165) is 0 Å². The molecule has 0 rings (SSSR count). The number of hydrogen-bond acceptors (Lipinski definition) is 8. The van der Waals surface area contributed by atoms with E-state index in [-0.39, 0.29) is 19.4 Å². The number of aliphatic carboxylic acids is 1. The van der Waals surface area contributed by atoms with Crippen molar-refractivity contribution in [2.24, 2.45) is 22.9 Å². The number of ether oxygens (including phenoxy) is 1. The minimum atomic E-state index is -1.86. The number of carboxylic acid groups (broad SMARTS) is 1. The summed E-state index contributed by atoms with van der Waals surface area (Å²) in [5, 5.41) is 8.43. The Morgan fingerprint density at radius 2 is 1.79 bits per heavy atom. The second kappa shape index (κ2) is 7.79. The van der Waals surface area contributed by atoms with E-state index in [1.54, 1.807) is 0 Å². The number of nitrogens with two attached hydrogens (primary N) is 4. The fourth-order valence-corrected chi connectivity index (χ4v) is 1.15. The monoisotopic (exact) mass is 276 g/mol. The first-order valence-electron chi connectivity index (χ1n) is 5.72. The van der Waals surface area contributed by atoms with Crippen LogP contribution in [0, 0.1) is 0 Å². The van der Waals surface area contributed by atoms with Crippen LogP contribution in [0.2, 0.25) is 0 Å². The molecule has 0 aliphatic heterocycles. The van der Waals surface area contributed by atoms with Gasteiger partial charge in [0.1, 0.15) is 6.04 Å². The standard InChI is InChI=1S/C10H20N4O5/c11-5-6(12)8(17)19-9(18)10(13,14)4-2-1-3-7(15)16/h6H,1-5,11-14H2,(H,15,16). The van der Waals surface area contributed by atoms with Gasteiger partial charge in [0.15, 0.2) is 5.66 Å². The highest BCUT2D eigenvalue weighted by Crippen LogP contribution is 2.09. The van der Waals surface area contributed by atoms with Crippen molar-refractivity contribution in [2.45, 2.75) is 37.4 Å². The van der Waals surface area contributed by atoms with Crippen LogP contribution in [-0.4, -0.2) is 41.3 Å². The molecule has 0 aromatic carbocycles. The number of rotatable bonds is 8. The maximum absolute atomic E-state index is 11.5. The molecule has 0 bridgehead atoms. The minimum Gasteiger partial charge on any atom is -0.481 e. The Kier molecular flexibility index (Phi) is 7.16. The molecule has 1 atom stereocenters. The number of esters is 2. The van der Waals surface area contributed by atoms with Crippen LogP contribution >= 0.6 is 0 Å².